The molecule has 1 heterocycles. The standard InChI is InChI=1S/C16H30N2O3/c1-5-12(3)10-13(4)17-15(21)18-9-7-8-16(6-2,11-18)14(19)20/h12-13H,5-11H2,1-4H3,(H,17,21)(H,19,20). The van der Waals surface area contributed by atoms with Gasteiger partial charge in [-0.2, -0.15) is 0 Å². The molecule has 0 saturated carbocycles. The van der Waals surface area contributed by atoms with Crippen LogP contribution >= 0.6 is 0 Å². The summed E-state index contributed by atoms with van der Waals surface area (Å²) in [6.07, 6.45) is 4.03. The minimum absolute atomic E-state index is 0.121. The molecule has 1 rings (SSSR count). The molecule has 1 fully saturated rings. The number of carbonyl (C=O) groups excluding carboxylic acids is 1. The number of carboxylic acids is 1. The van der Waals surface area contributed by atoms with E-state index >= 15 is 0 Å². The summed E-state index contributed by atoms with van der Waals surface area (Å²) in [6.45, 7) is 9.19. The van der Waals surface area contributed by atoms with Crippen LogP contribution in [0.15, 0.2) is 0 Å². The molecule has 0 aliphatic carbocycles. The third kappa shape index (κ3) is 4.61. The van der Waals surface area contributed by atoms with Gasteiger partial charge >= 0.3 is 12.0 Å². The van der Waals surface area contributed by atoms with Gasteiger partial charge < -0.3 is 15.3 Å². The highest BCUT2D eigenvalue weighted by molar-refractivity contribution is 5.78. The van der Waals surface area contributed by atoms with Gasteiger partial charge in [-0.05, 0) is 38.5 Å². The number of hydrogen-bond donors (Lipinski definition) is 2. The van der Waals surface area contributed by atoms with E-state index in [4.69, 9.17) is 0 Å². The fraction of sp³-hybridized carbons (Fsp3) is 0.875. The SMILES string of the molecule is CCC(C)CC(C)NC(=O)N1CCCC(CC)(C(=O)O)C1. The normalized spacial score (nSPS) is 25.2. The maximum Gasteiger partial charge on any atom is 0.317 e. The molecular formula is C16H30N2O3. The van der Waals surface area contributed by atoms with Crippen molar-refractivity contribution < 1.29 is 14.7 Å². The second kappa shape index (κ2) is 7.66. The number of carboxylic acid groups (broad SMARTS) is 1. The second-order valence-corrected chi connectivity index (χ2v) is 6.56. The van der Waals surface area contributed by atoms with E-state index in [2.05, 4.69) is 19.2 Å². The van der Waals surface area contributed by atoms with Gasteiger partial charge in [0.1, 0.15) is 0 Å². The number of urea groups is 1. The molecule has 2 amide bonds. The zero-order chi connectivity index (χ0) is 16.0. The monoisotopic (exact) mass is 298 g/mol. The maximum absolute atomic E-state index is 12.3. The molecule has 1 saturated heterocycles. The molecule has 0 spiro atoms. The van der Waals surface area contributed by atoms with Crippen molar-refractivity contribution in [3.8, 4) is 0 Å². The highest BCUT2D eigenvalue weighted by Crippen LogP contribution is 2.33. The molecule has 21 heavy (non-hydrogen) atoms. The highest BCUT2D eigenvalue weighted by Gasteiger charge is 2.42. The second-order valence-electron chi connectivity index (χ2n) is 6.56. The molecule has 0 aromatic heterocycles. The molecule has 3 atom stereocenters. The van der Waals surface area contributed by atoms with Gasteiger partial charge in [-0.15, -0.1) is 0 Å². The van der Waals surface area contributed by atoms with Crippen LogP contribution in [0.3, 0.4) is 0 Å². The van der Waals surface area contributed by atoms with E-state index in [1.165, 1.54) is 0 Å². The summed E-state index contributed by atoms with van der Waals surface area (Å²) in [6, 6.07) is -0.000177. The Labute approximate surface area is 128 Å². The number of hydrogen-bond acceptors (Lipinski definition) is 2. The van der Waals surface area contributed by atoms with Crippen LogP contribution in [0, 0.1) is 11.3 Å². The van der Waals surface area contributed by atoms with E-state index in [1.807, 2.05) is 13.8 Å². The molecular weight excluding hydrogens is 268 g/mol. The number of nitrogens with zero attached hydrogens (tertiary/aromatic N) is 1. The van der Waals surface area contributed by atoms with Crippen molar-refractivity contribution in [1.29, 1.82) is 0 Å². The number of nitrogens with one attached hydrogen (secondary N) is 1. The van der Waals surface area contributed by atoms with Gasteiger partial charge in [0.05, 0.1) is 5.41 Å². The van der Waals surface area contributed by atoms with Gasteiger partial charge in [-0.25, -0.2) is 4.79 Å². The summed E-state index contributed by atoms with van der Waals surface area (Å²) in [5, 5.41) is 12.5. The molecule has 0 aromatic carbocycles. The van der Waals surface area contributed by atoms with Crippen molar-refractivity contribution in [1.82, 2.24) is 10.2 Å². The molecule has 0 bridgehead atoms. The van der Waals surface area contributed by atoms with Crippen LogP contribution in [0.2, 0.25) is 0 Å². The Bertz CT molecular complexity index is 373. The first-order chi connectivity index (χ1) is 9.84. The minimum Gasteiger partial charge on any atom is -0.481 e. The number of carbonyl (C=O) groups is 2. The summed E-state index contributed by atoms with van der Waals surface area (Å²) in [5.41, 5.74) is -0.768. The first-order valence-electron chi connectivity index (χ1n) is 8.13. The Hall–Kier alpha value is -1.26. The zero-order valence-corrected chi connectivity index (χ0v) is 13.8. The lowest BCUT2D eigenvalue weighted by molar-refractivity contribution is -0.152. The lowest BCUT2D eigenvalue weighted by atomic mass is 9.78. The van der Waals surface area contributed by atoms with Gasteiger partial charge in [-0.1, -0.05) is 27.2 Å². The molecule has 5 nitrogen and oxygen atoms in total. The van der Waals surface area contributed by atoms with Crippen molar-refractivity contribution in [3.63, 3.8) is 0 Å². The molecule has 0 aromatic rings. The summed E-state index contributed by atoms with van der Waals surface area (Å²) >= 11 is 0. The number of piperidine rings is 1. The first kappa shape index (κ1) is 17.8. The molecule has 1 aliphatic heterocycles. The quantitative estimate of drug-likeness (QED) is 0.791. The Morgan fingerprint density at radius 3 is 2.52 bits per heavy atom. The fourth-order valence-corrected chi connectivity index (χ4v) is 3.05. The van der Waals surface area contributed by atoms with Crippen LogP contribution in [0.4, 0.5) is 4.79 Å². The molecule has 1 aliphatic rings. The highest BCUT2D eigenvalue weighted by atomic mass is 16.4. The summed E-state index contributed by atoms with van der Waals surface area (Å²) in [7, 11) is 0. The Morgan fingerprint density at radius 1 is 1.33 bits per heavy atom. The maximum atomic E-state index is 12.3. The van der Waals surface area contributed by atoms with Crippen LogP contribution in [0.25, 0.3) is 0 Å². The Kier molecular flexibility index (Phi) is 6.49. The van der Waals surface area contributed by atoms with Crippen LogP contribution in [-0.2, 0) is 4.79 Å². The Balaban J connectivity index is 2.60. The predicted octanol–water partition coefficient (Wildman–Crippen LogP) is 3.10. The van der Waals surface area contributed by atoms with Crippen LogP contribution in [0.5, 0.6) is 0 Å². The van der Waals surface area contributed by atoms with Crippen LogP contribution in [-0.4, -0.2) is 41.1 Å². The van der Waals surface area contributed by atoms with Gasteiger partial charge in [0.2, 0.25) is 0 Å². The van der Waals surface area contributed by atoms with Gasteiger partial charge in [0, 0.05) is 19.1 Å². The number of rotatable bonds is 6. The molecule has 0 radical (unpaired) electrons. The van der Waals surface area contributed by atoms with Crippen molar-refractivity contribution in [2.75, 3.05) is 13.1 Å². The van der Waals surface area contributed by atoms with Crippen molar-refractivity contribution in [2.24, 2.45) is 11.3 Å². The zero-order valence-electron chi connectivity index (χ0n) is 13.8. The Morgan fingerprint density at radius 2 is 2.00 bits per heavy atom. The van der Waals surface area contributed by atoms with E-state index in [0.29, 0.717) is 31.8 Å². The molecule has 5 heteroatoms. The first-order valence-corrected chi connectivity index (χ1v) is 8.13. The van der Waals surface area contributed by atoms with Crippen molar-refractivity contribution in [2.45, 2.75) is 65.8 Å². The molecule has 122 valence electrons. The van der Waals surface area contributed by atoms with Crippen molar-refractivity contribution in [3.05, 3.63) is 0 Å². The smallest absolute Gasteiger partial charge is 0.317 e. The summed E-state index contributed by atoms with van der Waals surface area (Å²) < 4.78 is 0. The van der Waals surface area contributed by atoms with Crippen LogP contribution < -0.4 is 5.32 Å². The summed E-state index contributed by atoms with van der Waals surface area (Å²) in [5.74, 6) is -0.203. The van der Waals surface area contributed by atoms with E-state index in [0.717, 1.165) is 19.3 Å². The van der Waals surface area contributed by atoms with Crippen LogP contribution in [0.1, 0.15) is 59.8 Å². The van der Waals surface area contributed by atoms with Gasteiger partial charge in [-0.3, -0.25) is 4.79 Å². The van der Waals surface area contributed by atoms with Crippen molar-refractivity contribution >= 4 is 12.0 Å². The van der Waals surface area contributed by atoms with Gasteiger partial charge in [0.15, 0.2) is 0 Å². The van der Waals surface area contributed by atoms with E-state index in [1.54, 1.807) is 4.90 Å². The van der Waals surface area contributed by atoms with E-state index in [-0.39, 0.29) is 12.1 Å². The number of aliphatic carboxylic acids is 1. The molecule has 3 unspecified atom stereocenters. The number of likely N-dealkylation sites (tertiary alicyclic amines) is 1. The third-order valence-corrected chi connectivity index (χ3v) is 4.82. The largest absolute Gasteiger partial charge is 0.481 e. The predicted molar refractivity (Wildman–Crippen MR) is 83.2 cm³/mol. The van der Waals surface area contributed by atoms with E-state index in [9.17, 15) is 14.7 Å². The average molecular weight is 298 g/mol. The topological polar surface area (TPSA) is 69.6 Å². The summed E-state index contributed by atoms with van der Waals surface area (Å²) in [4.78, 5) is 25.5. The van der Waals surface area contributed by atoms with Gasteiger partial charge in [0.25, 0.3) is 0 Å². The number of amides is 2. The minimum atomic E-state index is -0.782. The molecule has 2 N–H and O–H groups in total. The fourth-order valence-electron chi connectivity index (χ4n) is 3.05. The van der Waals surface area contributed by atoms with E-state index < -0.39 is 11.4 Å². The third-order valence-electron chi connectivity index (χ3n) is 4.82. The lowest BCUT2D eigenvalue weighted by Gasteiger charge is -2.39. The average Bonchev–Trinajstić information content (AvgIpc) is 2.46. The lowest BCUT2D eigenvalue weighted by Crippen LogP contribution is -2.53.